The predicted octanol–water partition coefficient (Wildman–Crippen LogP) is 9.07. The third-order valence-electron chi connectivity index (χ3n) is 16.1. The summed E-state index contributed by atoms with van der Waals surface area (Å²) in [6.45, 7) is 20.4. The number of carboxylic acid groups (broad SMARTS) is 1. The summed E-state index contributed by atoms with van der Waals surface area (Å²) in [6, 6.07) is 22.1. The highest BCUT2D eigenvalue weighted by atomic mass is 16.7. The smallest absolute Gasteiger partial charge is 0.477 e. The van der Waals surface area contributed by atoms with Crippen molar-refractivity contribution in [1.29, 1.82) is 0 Å². The Morgan fingerprint density at radius 1 is 0.560 bits per heavy atom. The number of carboxylic acids is 1. The van der Waals surface area contributed by atoms with Crippen LogP contribution in [0.3, 0.4) is 0 Å². The molecule has 6 aliphatic heterocycles. The molecule has 1 amide bonds. The topological polar surface area (TPSA) is 196 Å². The summed E-state index contributed by atoms with van der Waals surface area (Å²) in [6.07, 6.45) is 8.08. The number of nitrogens with two attached hydrogens (primary N) is 1. The number of benzene rings is 4. The van der Waals surface area contributed by atoms with E-state index in [2.05, 4.69) is 21.2 Å². The number of aryl methyl sites for hydroxylation is 4. The first-order valence-electron chi connectivity index (χ1n) is 25.6. The van der Waals surface area contributed by atoms with Crippen molar-refractivity contribution in [2.45, 2.75) is 144 Å². The highest BCUT2D eigenvalue weighted by molar-refractivity contribution is 6.62. The van der Waals surface area contributed by atoms with E-state index < -0.39 is 41.4 Å². The summed E-state index contributed by atoms with van der Waals surface area (Å²) in [5.74, 6) is -1.72. The molecule has 6 aromatic rings. The molecular formula is C58H72B2N4O11. The lowest BCUT2D eigenvalue weighted by Crippen LogP contribution is -2.41. The van der Waals surface area contributed by atoms with E-state index in [9.17, 15) is 19.2 Å². The van der Waals surface area contributed by atoms with Crippen molar-refractivity contribution in [3.8, 4) is 0 Å². The minimum atomic E-state index is -1.24. The van der Waals surface area contributed by atoms with Crippen molar-refractivity contribution in [2.75, 3.05) is 47.0 Å². The molecule has 0 spiro atoms. The Kier molecular flexibility index (Phi) is 15.1. The normalized spacial score (nSPS) is 19.0. The Balaban J connectivity index is 0.000000163. The van der Waals surface area contributed by atoms with Gasteiger partial charge in [-0.3, -0.25) is 4.79 Å². The van der Waals surface area contributed by atoms with E-state index in [-0.39, 0.29) is 44.3 Å². The third kappa shape index (κ3) is 10.4. The maximum absolute atomic E-state index is 13.1. The van der Waals surface area contributed by atoms with Gasteiger partial charge < -0.3 is 53.4 Å². The largest absolute Gasteiger partial charge is 0.494 e. The van der Waals surface area contributed by atoms with Crippen LogP contribution in [0.2, 0.25) is 0 Å². The molecule has 0 unspecified atom stereocenters. The van der Waals surface area contributed by atoms with Crippen molar-refractivity contribution < 1.29 is 42.1 Å². The van der Waals surface area contributed by atoms with Crippen molar-refractivity contribution in [3.05, 3.63) is 127 Å². The van der Waals surface area contributed by atoms with Crippen molar-refractivity contribution in [1.82, 2.24) is 0 Å². The second kappa shape index (κ2) is 20.6. The maximum atomic E-state index is 13.1. The van der Waals surface area contributed by atoms with Gasteiger partial charge in [-0.15, -0.1) is 0 Å². The SMILES string of the molecule is C.C.CC1(C)OB(c2ccc(N)cc2)OC1(C)C.CC1(C)OB(c2ccc(NC(=O)c3cc4cc5c6c(c4oc3=O)CCCN6CCC5)cc2)OC1(C)C.O=C(O)c1cc2cc3c4c(c2oc1=O)CCCN4CCC3. The minimum absolute atomic E-state index is 0. The molecule has 0 aliphatic carbocycles. The average Bonchev–Trinajstić information content (AvgIpc) is 3.71. The van der Waals surface area contributed by atoms with Gasteiger partial charge in [0.05, 0.1) is 22.4 Å². The van der Waals surface area contributed by atoms with Crippen LogP contribution >= 0.6 is 0 Å². The van der Waals surface area contributed by atoms with Crippen LogP contribution in [-0.2, 0) is 44.3 Å². The number of hydrogen-bond donors (Lipinski definition) is 3. The quantitative estimate of drug-likeness (QED) is 0.0840. The summed E-state index contributed by atoms with van der Waals surface area (Å²) in [7, 11) is -0.777. The van der Waals surface area contributed by atoms with E-state index in [4.69, 9.17) is 38.3 Å². The number of nitrogens with zero attached hydrogens (tertiary/aromatic N) is 2. The Labute approximate surface area is 440 Å². The van der Waals surface area contributed by atoms with E-state index in [1.807, 2.05) is 97.9 Å². The minimum Gasteiger partial charge on any atom is -0.477 e. The number of anilines is 4. The van der Waals surface area contributed by atoms with Gasteiger partial charge in [-0.2, -0.15) is 0 Å². The summed E-state index contributed by atoms with van der Waals surface area (Å²) in [4.78, 5) is 53.7. The zero-order valence-corrected chi connectivity index (χ0v) is 43.1. The number of amides is 1. The van der Waals surface area contributed by atoms with Crippen LogP contribution in [0, 0.1) is 0 Å². The molecule has 6 aliphatic rings. The van der Waals surface area contributed by atoms with Gasteiger partial charge in [0.1, 0.15) is 22.3 Å². The van der Waals surface area contributed by atoms with E-state index in [1.54, 1.807) is 18.2 Å². The molecule has 4 aromatic carbocycles. The van der Waals surface area contributed by atoms with Crippen LogP contribution in [0.15, 0.2) is 91.2 Å². The monoisotopic (exact) mass is 1020 g/mol. The molecule has 0 radical (unpaired) electrons. The Bertz CT molecular complexity index is 3240. The van der Waals surface area contributed by atoms with Gasteiger partial charge in [0, 0.05) is 70.8 Å². The lowest BCUT2D eigenvalue weighted by atomic mass is 9.79. The number of aromatic carboxylic acids is 1. The molecule has 0 bridgehead atoms. The fourth-order valence-corrected chi connectivity index (χ4v) is 10.7. The van der Waals surface area contributed by atoms with Crippen molar-refractivity contribution in [2.24, 2.45) is 0 Å². The van der Waals surface area contributed by atoms with Crippen LogP contribution in [0.1, 0.15) is 139 Å². The molecule has 396 valence electrons. The molecule has 0 atom stereocenters. The van der Waals surface area contributed by atoms with Crippen LogP contribution in [0.4, 0.5) is 22.7 Å². The number of hydrogen-bond acceptors (Lipinski definition) is 13. The van der Waals surface area contributed by atoms with E-state index >= 15 is 0 Å². The zero-order chi connectivity index (χ0) is 51.8. The zero-order valence-electron chi connectivity index (χ0n) is 43.1. The second-order valence-corrected chi connectivity index (χ2v) is 22.1. The lowest BCUT2D eigenvalue weighted by molar-refractivity contribution is 0.00578. The van der Waals surface area contributed by atoms with Gasteiger partial charge in [-0.25, -0.2) is 14.4 Å². The number of carbonyl (C=O) groups excluding carboxylic acids is 1. The number of fused-ring (bicyclic) bond motifs is 4. The Morgan fingerprint density at radius 2 is 0.933 bits per heavy atom. The van der Waals surface area contributed by atoms with Crippen LogP contribution < -0.4 is 43.0 Å². The van der Waals surface area contributed by atoms with Gasteiger partial charge in [0.25, 0.3) is 5.91 Å². The Morgan fingerprint density at radius 3 is 1.35 bits per heavy atom. The number of rotatable bonds is 5. The Hall–Kier alpha value is -6.39. The number of carbonyl (C=O) groups is 2. The van der Waals surface area contributed by atoms with Crippen LogP contribution in [0.5, 0.6) is 0 Å². The van der Waals surface area contributed by atoms with E-state index in [1.165, 1.54) is 28.6 Å². The molecule has 4 N–H and O–H groups in total. The molecule has 8 heterocycles. The molecule has 15 nitrogen and oxygen atoms in total. The summed E-state index contributed by atoms with van der Waals surface area (Å²) >= 11 is 0. The predicted molar refractivity (Wildman–Crippen MR) is 300 cm³/mol. The first kappa shape index (κ1) is 54.9. The third-order valence-corrected chi connectivity index (χ3v) is 16.1. The van der Waals surface area contributed by atoms with Crippen LogP contribution in [0.25, 0.3) is 21.9 Å². The van der Waals surface area contributed by atoms with Gasteiger partial charge in [-0.05, 0) is 177 Å². The maximum Gasteiger partial charge on any atom is 0.494 e. The average molecular weight is 1020 g/mol. The highest BCUT2D eigenvalue weighted by Gasteiger charge is 2.52. The first-order valence-corrected chi connectivity index (χ1v) is 25.6. The molecule has 17 heteroatoms. The second-order valence-electron chi connectivity index (χ2n) is 22.1. The van der Waals surface area contributed by atoms with E-state index in [0.717, 1.165) is 116 Å². The fourth-order valence-electron chi connectivity index (χ4n) is 10.7. The lowest BCUT2D eigenvalue weighted by Gasteiger charge is -2.37. The summed E-state index contributed by atoms with van der Waals surface area (Å²) < 4.78 is 35.2. The van der Waals surface area contributed by atoms with Gasteiger partial charge in [0.2, 0.25) is 0 Å². The molecule has 12 rings (SSSR count). The molecule has 2 fully saturated rings. The summed E-state index contributed by atoms with van der Waals surface area (Å²) in [5.41, 5.74) is 14.1. The number of nitrogens with one attached hydrogen (secondary N) is 1. The van der Waals surface area contributed by atoms with Crippen LogP contribution in [-0.4, -0.2) is 79.8 Å². The number of nitrogen functional groups attached to an aromatic ring is 1. The van der Waals surface area contributed by atoms with Crippen molar-refractivity contribution >= 4 is 81.7 Å². The first-order chi connectivity index (χ1) is 34.6. The molecule has 75 heavy (non-hydrogen) atoms. The van der Waals surface area contributed by atoms with E-state index in [0.29, 0.717) is 16.9 Å². The molecule has 2 aromatic heterocycles. The summed E-state index contributed by atoms with van der Waals surface area (Å²) in [5, 5.41) is 13.4. The fraction of sp³-hybridized carbons (Fsp3) is 0.448. The van der Waals surface area contributed by atoms with Gasteiger partial charge in [0.15, 0.2) is 0 Å². The molecule has 0 saturated carbocycles. The molecule has 2 saturated heterocycles. The van der Waals surface area contributed by atoms with Gasteiger partial charge >= 0.3 is 31.5 Å². The highest BCUT2D eigenvalue weighted by Crippen LogP contribution is 2.42. The van der Waals surface area contributed by atoms with Crippen molar-refractivity contribution in [3.63, 3.8) is 0 Å². The standard InChI is InChI=1S/C28H31BN2O5.C16H15NO4.C12H18BNO2.2CH4/c1-27(2)28(3,4)36-29(35-27)19-9-11-20(12-10-19)30-25(32)22-16-18-15-17-7-5-13-31-14-6-8-21(23(17)31)24(18)34-26(22)33;18-15(19)12-8-10-7-9-3-1-5-17-6-2-4-11(13(9)17)14(10)21-16(12)20;1-11(2)12(3,4)16-13(15-11)9-5-7-10(14)8-6-9;;/h9-12,15-16H,5-8,13-14H2,1-4H3,(H,30,32);7-8H,1-6H2,(H,18,19);5-8H,14H2,1-4H3;2*1H4. The molecular weight excluding hydrogens is 950 g/mol. The van der Waals surface area contributed by atoms with Gasteiger partial charge in [-0.1, -0.05) is 39.1 Å².